The van der Waals surface area contributed by atoms with Crippen molar-refractivity contribution in [1.82, 2.24) is 24.5 Å². The summed E-state index contributed by atoms with van der Waals surface area (Å²) in [5, 5.41) is 0.582. The van der Waals surface area contributed by atoms with Crippen molar-refractivity contribution >= 4 is 28.5 Å². The minimum atomic E-state index is -4.55. The maximum absolute atomic E-state index is 13.0. The molecule has 0 spiro atoms. The topological polar surface area (TPSA) is 112 Å². The fraction of sp³-hybridized carbons (Fsp3) is 0.0667. The van der Waals surface area contributed by atoms with Crippen molar-refractivity contribution in [3.8, 4) is 45.5 Å². The molecule has 8 nitrogen and oxygen atoms in total. The summed E-state index contributed by atoms with van der Waals surface area (Å²) in [4.78, 5) is 27.4. The van der Waals surface area contributed by atoms with E-state index in [2.05, 4.69) is 15.0 Å². The third kappa shape index (κ3) is 5.06. The van der Waals surface area contributed by atoms with Crippen molar-refractivity contribution in [3.63, 3.8) is 0 Å². The molecule has 0 fully saturated rings. The van der Waals surface area contributed by atoms with E-state index in [0.717, 1.165) is 16.6 Å². The molecule has 3 N–H and O–H groups in total. The van der Waals surface area contributed by atoms with Crippen LogP contribution < -0.4 is 10.5 Å². The van der Waals surface area contributed by atoms with E-state index in [1.807, 2.05) is 35.9 Å². The average Bonchev–Trinajstić information content (AvgIpc) is 3.59. The number of halogens is 4. The molecule has 3 aromatic heterocycles. The first-order valence-electron chi connectivity index (χ1n) is 12.5. The fourth-order valence-corrected chi connectivity index (χ4v) is 4.80. The third-order valence-corrected chi connectivity index (χ3v) is 6.90. The molecular formula is C30H20ClF3N6O2. The van der Waals surface area contributed by atoms with E-state index in [1.165, 1.54) is 12.3 Å². The lowest BCUT2D eigenvalue weighted by atomic mass is 9.94. The minimum Gasteiger partial charge on any atom is -0.457 e. The number of aromatic nitrogens is 5. The first-order chi connectivity index (χ1) is 20.1. The number of carbonyl (C=O) groups is 1. The summed E-state index contributed by atoms with van der Waals surface area (Å²) < 4.78 is 46.8. The van der Waals surface area contributed by atoms with Crippen LogP contribution in [0.2, 0.25) is 5.02 Å². The molecule has 210 valence electrons. The Morgan fingerprint density at radius 2 is 1.76 bits per heavy atom. The highest BCUT2D eigenvalue weighted by Crippen LogP contribution is 2.37. The highest BCUT2D eigenvalue weighted by Gasteiger charge is 2.33. The van der Waals surface area contributed by atoms with Gasteiger partial charge < -0.3 is 20.0 Å². The van der Waals surface area contributed by atoms with Gasteiger partial charge in [-0.3, -0.25) is 9.78 Å². The van der Waals surface area contributed by atoms with Crippen LogP contribution in [0.1, 0.15) is 16.1 Å². The number of aromatic amines is 1. The number of H-pyrrole nitrogens is 1. The van der Waals surface area contributed by atoms with Crippen LogP contribution in [0.5, 0.6) is 11.5 Å². The van der Waals surface area contributed by atoms with Crippen LogP contribution in [0.3, 0.4) is 0 Å². The first-order valence-corrected chi connectivity index (χ1v) is 12.9. The van der Waals surface area contributed by atoms with E-state index in [9.17, 15) is 18.0 Å². The maximum atomic E-state index is 13.0. The molecule has 0 saturated heterocycles. The standard InChI is InChI=1S/C30H20ClF3N6O2/c1-40-24-10-9-18(42-19-11-12-36-23(14-19)28-37-15-25(39-28)30(32,33)34)13-22(24)38-29(40)26-20(3-2-4-21(26)27(35)41)16-5-7-17(31)8-6-16/h2-15H,1H3,(H2,35,41)(H,37,39). The van der Waals surface area contributed by atoms with Gasteiger partial charge in [0.2, 0.25) is 5.91 Å². The number of benzene rings is 3. The predicted octanol–water partition coefficient (Wildman–Crippen LogP) is 7.26. The van der Waals surface area contributed by atoms with Crippen molar-refractivity contribution < 1.29 is 22.7 Å². The van der Waals surface area contributed by atoms with Crippen molar-refractivity contribution in [2.75, 3.05) is 0 Å². The number of amides is 1. The maximum Gasteiger partial charge on any atom is 0.432 e. The van der Waals surface area contributed by atoms with Gasteiger partial charge in [-0.15, -0.1) is 0 Å². The van der Waals surface area contributed by atoms with Crippen LogP contribution in [-0.4, -0.2) is 30.4 Å². The number of fused-ring (bicyclic) bond motifs is 1. The number of hydrogen-bond acceptors (Lipinski definition) is 5. The number of carbonyl (C=O) groups excluding carboxylic acids is 1. The summed E-state index contributed by atoms with van der Waals surface area (Å²) in [5.74, 6) is 0.655. The van der Waals surface area contributed by atoms with E-state index in [-0.39, 0.29) is 11.5 Å². The molecule has 3 heterocycles. The van der Waals surface area contributed by atoms with E-state index in [4.69, 9.17) is 27.1 Å². The van der Waals surface area contributed by atoms with Gasteiger partial charge in [-0.25, -0.2) is 9.97 Å². The zero-order valence-corrected chi connectivity index (χ0v) is 22.5. The molecule has 0 aliphatic carbocycles. The number of hydrogen-bond donors (Lipinski definition) is 2. The number of nitrogens with two attached hydrogens (primary N) is 1. The lowest BCUT2D eigenvalue weighted by Crippen LogP contribution is -2.14. The minimum absolute atomic E-state index is 0.0396. The Balaban J connectivity index is 1.37. The molecule has 0 unspecified atom stereocenters. The lowest BCUT2D eigenvalue weighted by molar-refractivity contribution is -0.140. The van der Waals surface area contributed by atoms with Crippen molar-refractivity contribution in [1.29, 1.82) is 0 Å². The van der Waals surface area contributed by atoms with Gasteiger partial charge in [0.1, 0.15) is 28.7 Å². The smallest absolute Gasteiger partial charge is 0.432 e. The van der Waals surface area contributed by atoms with Crippen LogP contribution in [0.25, 0.3) is 45.1 Å². The van der Waals surface area contributed by atoms with Gasteiger partial charge in [-0.05, 0) is 47.5 Å². The van der Waals surface area contributed by atoms with E-state index in [1.54, 1.807) is 42.5 Å². The lowest BCUT2D eigenvalue weighted by Gasteiger charge is -2.14. The van der Waals surface area contributed by atoms with Crippen LogP contribution in [0, 0.1) is 0 Å². The molecular weight excluding hydrogens is 569 g/mol. The molecule has 0 bridgehead atoms. The Kier molecular flexibility index (Phi) is 6.66. The summed E-state index contributed by atoms with van der Waals surface area (Å²) in [6.07, 6.45) is -2.42. The van der Waals surface area contributed by atoms with Gasteiger partial charge >= 0.3 is 6.18 Å². The number of aryl methyl sites for hydroxylation is 1. The summed E-state index contributed by atoms with van der Waals surface area (Å²) in [6.45, 7) is 0. The van der Waals surface area contributed by atoms with Gasteiger partial charge in [0.05, 0.1) is 22.8 Å². The van der Waals surface area contributed by atoms with E-state index >= 15 is 0 Å². The molecule has 0 radical (unpaired) electrons. The molecule has 3 aromatic carbocycles. The number of pyridine rings is 1. The zero-order valence-electron chi connectivity index (χ0n) is 21.8. The molecule has 0 aliphatic heterocycles. The normalized spacial score (nSPS) is 11.6. The van der Waals surface area contributed by atoms with Gasteiger partial charge in [0.15, 0.2) is 5.82 Å². The molecule has 6 rings (SSSR count). The van der Waals surface area contributed by atoms with Gasteiger partial charge in [0.25, 0.3) is 0 Å². The van der Waals surface area contributed by atoms with E-state index < -0.39 is 17.8 Å². The second-order valence-corrected chi connectivity index (χ2v) is 9.80. The van der Waals surface area contributed by atoms with Gasteiger partial charge in [-0.2, -0.15) is 13.2 Å². The Morgan fingerprint density at radius 3 is 2.48 bits per heavy atom. The number of primary amides is 1. The van der Waals surface area contributed by atoms with Crippen LogP contribution in [0.4, 0.5) is 13.2 Å². The largest absolute Gasteiger partial charge is 0.457 e. The molecule has 0 atom stereocenters. The second kappa shape index (κ2) is 10.3. The third-order valence-electron chi connectivity index (χ3n) is 6.65. The quantitative estimate of drug-likeness (QED) is 0.213. The van der Waals surface area contributed by atoms with Crippen molar-refractivity contribution in [2.24, 2.45) is 12.8 Å². The SMILES string of the molecule is Cn1c(-c2c(C(N)=O)cccc2-c2ccc(Cl)cc2)nc2cc(Oc3ccnc(-c4ncc(C(F)(F)F)[nH]4)c3)ccc21. The average molecular weight is 589 g/mol. The summed E-state index contributed by atoms with van der Waals surface area (Å²) in [7, 11) is 1.84. The molecule has 0 aliphatic rings. The number of imidazole rings is 2. The van der Waals surface area contributed by atoms with Crippen molar-refractivity contribution in [3.05, 3.63) is 101 Å². The highest BCUT2D eigenvalue weighted by atomic mass is 35.5. The second-order valence-electron chi connectivity index (χ2n) is 9.37. The van der Waals surface area contributed by atoms with Crippen LogP contribution in [-0.2, 0) is 13.2 Å². The van der Waals surface area contributed by atoms with Crippen LogP contribution in [0.15, 0.2) is 85.2 Å². The van der Waals surface area contributed by atoms with Gasteiger partial charge in [-0.1, -0.05) is 35.9 Å². The first kappa shape index (κ1) is 27.0. The van der Waals surface area contributed by atoms with Crippen LogP contribution >= 0.6 is 11.6 Å². The molecule has 6 aromatic rings. The summed E-state index contributed by atoms with van der Waals surface area (Å²) in [6, 6.07) is 20.9. The van der Waals surface area contributed by atoms with Crippen molar-refractivity contribution in [2.45, 2.75) is 6.18 Å². The van der Waals surface area contributed by atoms with E-state index in [0.29, 0.717) is 45.2 Å². The Hall–Kier alpha value is -5.16. The molecule has 0 saturated carbocycles. The molecule has 1 amide bonds. The highest BCUT2D eigenvalue weighted by molar-refractivity contribution is 6.30. The summed E-state index contributed by atoms with van der Waals surface area (Å²) >= 11 is 6.09. The number of nitrogens with zero attached hydrogens (tertiary/aromatic N) is 4. The Bertz CT molecular complexity index is 1960. The Labute approximate surface area is 241 Å². The number of nitrogens with one attached hydrogen (secondary N) is 1. The van der Waals surface area contributed by atoms with Gasteiger partial charge in [0, 0.05) is 36.0 Å². The molecule has 42 heavy (non-hydrogen) atoms. The zero-order chi connectivity index (χ0) is 29.6. The monoisotopic (exact) mass is 588 g/mol. The Morgan fingerprint density at radius 1 is 1.00 bits per heavy atom. The molecule has 12 heteroatoms. The predicted molar refractivity (Wildman–Crippen MR) is 152 cm³/mol. The summed E-state index contributed by atoms with van der Waals surface area (Å²) in [5.41, 5.74) is 8.81. The number of rotatable bonds is 6. The fourth-order valence-electron chi connectivity index (χ4n) is 4.67. The number of alkyl halides is 3. The number of ether oxygens (including phenoxy) is 1.